The van der Waals surface area contributed by atoms with Crippen LogP contribution >= 0.6 is 24.0 Å². The summed E-state index contributed by atoms with van der Waals surface area (Å²) < 4.78 is 18.8. The van der Waals surface area contributed by atoms with E-state index in [1.165, 1.54) is 6.07 Å². The van der Waals surface area contributed by atoms with Crippen LogP contribution in [0.5, 0.6) is 0 Å². The maximum atomic E-state index is 13.3. The number of nitrogens with one attached hydrogen (secondary N) is 2. The Morgan fingerprint density at radius 3 is 2.64 bits per heavy atom. The molecule has 0 radical (unpaired) electrons. The number of anilines is 1. The summed E-state index contributed by atoms with van der Waals surface area (Å²) in [5, 5.41) is 6.79. The van der Waals surface area contributed by atoms with Gasteiger partial charge in [-0.05, 0) is 38.5 Å². The number of rotatable bonds is 8. The third-order valence-corrected chi connectivity index (χ3v) is 4.99. The van der Waals surface area contributed by atoms with Crippen molar-refractivity contribution in [2.24, 2.45) is 4.99 Å². The number of guanidine groups is 1. The number of benzene rings is 1. The first-order valence-corrected chi connectivity index (χ1v) is 9.66. The van der Waals surface area contributed by atoms with Crippen molar-refractivity contribution in [2.45, 2.75) is 25.8 Å². The number of hydrogen-bond donors (Lipinski definition) is 2. The van der Waals surface area contributed by atoms with Gasteiger partial charge >= 0.3 is 0 Å². The lowest BCUT2D eigenvalue weighted by molar-refractivity contribution is -0.00833. The van der Waals surface area contributed by atoms with E-state index in [9.17, 15) is 4.39 Å². The van der Waals surface area contributed by atoms with Gasteiger partial charge in [0, 0.05) is 58.0 Å². The summed E-state index contributed by atoms with van der Waals surface area (Å²) in [6, 6.07) is 6.68. The highest BCUT2D eigenvalue weighted by molar-refractivity contribution is 14.0. The van der Waals surface area contributed by atoms with Gasteiger partial charge in [-0.25, -0.2) is 4.39 Å². The third-order valence-electron chi connectivity index (χ3n) is 4.99. The topological polar surface area (TPSA) is 52.1 Å². The van der Waals surface area contributed by atoms with E-state index in [0.29, 0.717) is 0 Å². The summed E-state index contributed by atoms with van der Waals surface area (Å²) in [5.41, 5.74) is 0.934. The molecule has 1 aliphatic rings. The zero-order chi connectivity index (χ0) is 19.7. The first-order valence-electron chi connectivity index (χ1n) is 9.66. The van der Waals surface area contributed by atoms with Crippen molar-refractivity contribution in [1.29, 1.82) is 0 Å². The summed E-state index contributed by atoms with van der Waals surface area (Å²) in [6.07, 6.45) is 0.931. The van der Waals surface area contributed by atoms with Crippen molar-refractivity contribution >= 4 is 35.6 Å². The van der Waals surface area contributed by atoms with Crippen LogP contribution in [0.4, 0.5) is 10.1 Å². The second kappa shape index (κ2) is 12.4. The summed E-state index contributed by atoms with van der Waals surface area (Å²) in [5.74, 6) is 0.606. The van der Waals surface area contributed by atoms with Crippen molar-refractivity contribution in [3.8, 4) is 0 Å². The molecule has 1 saturated heterocycles. The number of aliphatic imine (C=N–C) groups is 1. The molecule has 0 bridgehead atoms. The number of halogens is 2. The Balaban J connectivity index is 0.00000392. The zero-order valence-corrected chi connectivity index (χ0v) is 19.8. The van der Waals surface area contributed by atoms with Gasteiger partial charge in [0.1, 0.15) is 5.82 Å². The van der Waals surface area contributed by atoms with Gasteiger partial charge in [0.15, 0.2) is 5.96 Å². The van der Waals surface area contributed by atoms with Crippen LogP contribution in [-0.2, 0) is 4.74 Å². The molecule has 2 N–H and O–H groups in total. The number of morpholine rings is 1. The molecule has 0 aromatic heterocycles. The summed E-state index contributed by atoms with van der Waals surface area (Å²) in [4.78, 5) is 8.82. The second-order valence-electron chi connectivity index (χ2n) is 7.52. The average Bonchev–Trinajstić information content (AvgIpc) is 2.68. The molecule has 1 fully saturated rings. The molecule has 0 spiro atoms. The van der Waals surface area contributed by atoms with E-state index < -0.39 is 0 Å². The maximum absolute atomic E-state index is 13.3. The number of nitrogens with zero attached hydrogens (tertiary/aromatic N) is 3. The van der Waals surface area contributed by atoms with Crippen LogP contribution < -0.4 is 15.5 Å². The Morgan fingerprint density at radius 1 is 1.29 bits per heavy atom. The van der Waals surface area contributed by atoms with Crippen LogP contribution in [-0.4, -0.2) is 76.4 Å². The van der Waals surface area contributed by atoms with Crippen molar-refractivity contribution in [1.82, 2.24) is 15.5 Å². The molecule has 1 aliphatic heterocycles. The molecule has 0 unspecified atom stereocenters. The molecule has 0 atom stereocenters. The van der Waals surface area contributed by atoms with Crippen LogP contribution in [0, 0.1) is 5.82 Å². The van der Waals surface area contributed by atoms with Gasteiger partial charge in [-0.2, -0.15) is 0 Å². The van der Waals surface area contributed by atoms with E-state index in [4.69, 9.17) is 4.74 Å². The Kier molecular flexibility index (Phi) is 11.1. The van der Waals surface area contributed by atoms with Gasteiger partial charge in [-0.3, -0.25) is 9.89 Å². The van der Waals surface area contributed by atoms with E-state index in [0.717, 1.165) is 64.0 Å². The maximum Gasteiger partial charge on any atom is 0.191 e. The largest absolute Gasteiger partial charge is 0.379 e. The summed E-state index contributed by atoms with van der Waals surface area (Å²) in [6.45, 7) is 10.5. The normalized spacial score (nSPS) is 15.7. The van der Waals surface area contributed by atoms with E-state index in [-0.39, 0.29) is 35.3 Å². The van der Waals surface area contributed by atoms with Crippen molar-refractivity contribution in [2.75, 3.05) is 64.9 Å². The predicted octanol–water partition coefficient (Wildman–Crippen LogP) is 2.55. The fraction of sp³-hybridized carbons (Fsp3) is 0.650. The molecule has 2 rings (SSSR count). The van der Waals surface area contributed by atoms with E-state index >= 15 is 0 Å². The molecule has 0 saturated carbocycles. The third kappa shape index (κ3) is 8.08. The van der Waals surface area contributed by atoms with Crippen LogP contribution in [0.3, 0.4) is 0 Å². The fourth-order valence-corrected chi connectivity index (χ4v) is 3.17. The second-order valence-corrected chi connectivity index (χ2v) is 7.52. The molecular weight excluding hydrogens is 472 g/mol. The van der Waals surface area contributed by atoms with Gasteiger partial charge < -0.3 is 20.3 Å². The summed E-state index contributed by atoms with van der Waals surface area (Å²) >= 11 is 0. The first kappa shape index (κ1) is 24.9. The minimum Gasteiger partial charge on any atom is -0.379 e. The van der Waals surface area contributed by atoms with Gasteiger partial charge in [0.05, 0.1) is 13.2 Å². The predicted molar refractivity (Wildman–Crippen MR) is 126 cm³/mol. The van der Waals surface area contributed by atoms with Gasteiger partial charge in [-0.15, -0.1) is 24.0 Å². The summed E-state index contributed by atoms with van der Waals surface area (Å²) in [7, 11) is 3.77. The number of hydrogen-bond acceptors (Lipinski definition) is 4. The molecular formula is C20H35FIN5O. The Bertz CT molecular complexity index is 608. The van der Waals surface area contributed by atoms with Crippen LogP contribution in [0.1, 0.15) is 20.3 Å². The van der Waals surface area contributed by atoms with E-state index in [2.05, 4.69) is 39.3 Å². The lowest BCUT2D eigenvalue weighted by Gasteiger charge is -2.41. The van der Waals surface area contributed by atoms with E-state index in [1.54, 1.807) is 19.2 Å². The Labute approximate surface area is 185 Å². The number of ether oxygens (including phenoxy) is 1. The highest BCUT2D eigenvalue weighted by Crippen LogP contribution is 2.15. The lowest BCUT2D eigenvalue weighted by atomic mass is 10.0. The van der Waals surface area contributed by atoms with Crippen LogP contribution in [0.15, 0.2) is 29.3 Å². The molecule has 1 aromatic rings. The molecule has 0 amide bonds. The molecule has 1 heterocycles. The Morgan fingerprint density at radius 2 is 2.00 bits per heavy atom. The monoisotopic (exact) mass is 507 g/mol. The smallest absolute Gasteiger partial charge is 0.191 e. The zero-order valence-electron chi connectivity index (χ0n) is 17.5. The molecule has 160 valence electrons. The molecule has 8 heteroatoms. The average molecular weight is 507 g/mol. The highest BCUT2D eigenvalue weighted by Gasteiger charge is 2.28. The SMILES string of the molecule is CN=C(NCCCN(C)c1cccc(F)c1)NCC(C)(C)N1CCOCC1.I. The van der Waals surface area contributed by atoms with Crippen molar-refractivity contribution in [3.05, 3.63) is 30.1 Å². The van der Waals surface area contributed by atoms with E-state index in [1.807, 2.05) is 13.1 Å². The van der Waals surface area contributed by atoms with Crippen LogP contribution in [0.25, 0.3) is 0 Å². The molecule has 28 heavy (non-hydrogen) atoms. The molecule has 0 aliphatic carbocycles. The molecule has 6 nitrogen and oxygen atoms in total. The van der Waals surface area contributed by atoms with Gasteiger partial charge in [0.25, 0.3) is 0 Å². The Hall–Kier alpha value is -1.13. The quantitative estimate of drug-likeness (QED) is 0.245. The minimum atomic E-state index is -0.204. The lowest BCUT2D eigenvalue weighted by Crippen LogP contribution is -2.56. The van der Waals surface area contributed by atoms with Gasteiger partial charge in [0.2, 0.25) is 0 Å². The first-order chi connectivity index (χ1) is 12.9. The minimum absolute atomic E-state index is 0. The molecule has 1 aromatic carbocycles. The highest BCUT2D eigenvalue weighted by atomic mass is 127. The fourth-order valence-electron chi connectivity index (χ4n) is 3.17. The van der Waals surface area contributed by atoms with Crippen LogP contribution in [0.2, 0.25) is 0 Å². The van der Waals surface area contributed by atoms with Gasteiger partial charge in [-0.1, -0.05) is 6.07 Å². The van der Waals surface area contributed by atoms with Crippen molar-refractivity contribution in [3.63, 3.8) is 0 Å². The van der Waals surface area contributed by atoms with Crippen molar-refractivity contribution < 1.29 is 9.13 Å². The standard InChI is InChI=1S/C20H34FN5O.HI/c1-20(2,26-11-13-27-14-12-26)16-24-19(22-3)23-9-6-10-25(4)18-8-5-7-17(21)15-18;/h5,7-8,15H,6,9-14,16H2,1-4H3,(H2,22,23,24);1H.